The normalized spacial score (nSPS) is 22.0. The van der Waals surface area contributed by atoms with Crippen molar-refractivity contribution in [2.45, 2.75) is 31.7 Å². The monoisotopic (exact) mass is 189 g/mol. The summed E-state index contributed by atoms with van der Waals surface area (Å²) in [6.45, 7) is 0. The molecule has 2 nitrogen and oxygen atoms in total. The van der Waals surface area contributed by atoms with Gasteiger partial charge in [-0.1, -0.05) is 24.6 Å². The SMILES string of the molecule is O=C1CCCCC1Nc1ccccc1. The minimum atomic E-state index is 0.0474. The highest BCUT2D eigenvalue weighted by Crippen LogP contribution is 2.18. The molecule has 0 aliphatic heterocycles. The van der Waals surface area contributed by atoms with Gasteiger partial charge in [-0.2, -0.15) is 0 Å². The quantitative estimate of drug-likeness (QED) is 0.774. The molecule has 0 heterocycles. The number of hydrogen-bond acceptors (Lipinski definition) is 2. The highest BCUT2D eigenvalue weighted by atomic mass is 16.1. The predicted octanol–water partition coefficient (Wildman–Crippen LogP) is 2.61. The first-order valence-corrected chi connectivity index (χ1v) is 5.20. The van der Waals surface area contributed by atoms with Crippen LogP contribution in [0.5, 0.6) is 0 Å². The second-order valence-corrected chi connectivity index (χ2v) is 3.78. The van der Waals surface area contributed by atoms with Crippen molar-refractivity contribution in [3.8, 4) is 0 Å². The summed E-state index contributed by atoms with van der Waals surface area (Å²) in [6, 6.07) is 9.99. The molecule has 1 N–H and O–H groups in total. The second kappa shape index (κ2) is 4.27. The van der Waals surface area contributed by atoms with E-state index in [2.05, 4.69) is 5.32 Å². The van der Waals surface area contributed by atoms with E-state index in [1.54, 1.807) is 0 Å². The van der Waals surface area contributed by atoms with Crippen molar-refractivity contribution in [2.75, 3.05) is 5.32 Å². The first kappa shape index (κ1) is 9.25. The molecule has 1 saturated carbocycles. The molecule has 1 fully saturated rings. The number of anilines is 1. The molecule has 2 rings (SSSR count). The van der Waals surface area contributed by atoms with E-state index in [0.29, 0.717) is 5.78 Å². The van der Waals surface area contributed by atoms with Crippen molar-refractivity contribution < 1.29 is 4.79 Å². The smallest absolute Gasteiger partial charge is 0.155 e. The number of para-hydroxylation sites is 1. The fourth-order valence-corrected chi connectivity index (χ4v) is 1.87. The third kappa shape index (κ3) is 2.13. The van der Waals surface area contributed by atoms with Crippen LogP contribution in [0, 0.1) is 0 Å². The molecule has 1 aromatic carbocycles. The number of nitrogens with one attached hydrogen (secondary N) is 1. The first-order chi connectivity index (χ1) is 6.86. The Balaban J connectivity index is 2.00. The van der Waals surface area contributed by atoms with Crippen LogP contribution in [0.15, 0.2) is 30.3 Å². The molecule has 0 saturated heterocycles. The molecular formula is C12H15NO. The van der Waals surface area contributed by atoms with Gasteiger partial charge in [-0.05, 0) is 25.0 Å². The maximum atomic E-state index is 11.5. The maximum Gasteiger partial charge on any atom is 0.155 e. The standard InChI is InChI=1S/C12H15NO/c14-12-9-5-4-8-11(12)13-10-6-2-1-3-7-10/h1-3,6-7,11,13H,4-5,8-9H2. The van der Waals surface area contributed by atoms with Gasteiger partial charge in [0.25, 0.3) is 0 Å². The lowest BCUT2D eigenvalue weighted by Gasteiger charge is -2.22. The van der Waals surface area contributed by atoms with E-state index in [0.717, 1.165) is 31.4 Å². The highest BCUT2D eigenvalue weighted by Gasteiger charge is 2.21. The van der Waals surface area contributed by atoms with Gasteiger partial charge in [-0.3, -0.25) is 4.79 Å². The molecule has 0 amide bonds. The zero-order chi connectivity index (χ0) is 9.80. The average molecular weight is 189 g/mol. The average Bonchev–Trinajstić information content (AvgIpc) is 2.23. The van der Waals surface area contributed by atoms with Crippen LogP contribution in [0.4, 0.5) is 5.69 Å². The summed E-state index contributed by atoms with van der Waals surface area (Å²) >= 11 is 0. The van der Waals surface area contributed by atoms with Gasteiger partial charge in [0.1, 0.15) is 0 Å². The van der Waals surface area contributed by atoms with Gasteiger partial charge in [0, 0.05) is 12.1 Å². The van der Waals surface area contributed by atoms with Crippen LogP contribution < -0.4 is 5.32 Å². The van der Waals surface area contributed by atoms with Crippen LogP contribution in [0.25, 0.3) is 0 Å². The second-order valence-electron chi connectivity index (χ2n) is 3.78. The lowest BCUT2D eigenvalue weighted by Crippen LogP contribution is -2.32. The van der Waals surface area contributed by atoms with E-state index in [1.807, 2.05) is 30.3 Å². The summed E-state index contributed by atoms with van der Waals surface area (Å²) in [5.74, 6) is 0.361. The number of Topliss-reactive ketones (excluding diaryl/α,β-unsaturated/α-hetero) is 1. The molecule has 1 atom stereocenters. The maximum absolute atomic E-state index is 11.5. The lowest BCUT2D eigenvalue weighted by atomic mass is 9.94. The minimum Gasteiger partial charge on any atom is -0.375 e. The summed E-state index contributed by atoms with van der Waals surface area (Å²) in [5.41, 5.74) is 1.05. The Labute approximate surface area is 84.3 Å². The zero-order valence-corrected chi connectivity index (χ0v) is 8.20. The summed E-state index contributed by atoms with van der Waals surface area (Å²) < 4.78 is 0. The van der Waals surface area contributed by atoms with Crippen LogP contribution in [0.1, 0.15) is 25.7 Å². The Kier molecular flexibility index (Phi) is 2.82. The molecule has 0 aromatic heterocycles. The van der Waals surface area contributed by atoms with Gasteiger partial charge < -0.3 is 5.32 Å². The Morgan fingerprint density at radius 3 is 2.64 bits per heavy atom. The van der Waals surface area contributed by atoms with Crippen molar-refractivity contribution in [3.05, 3.63) is 30.3 Å². The van der Waals surface area contributed by atoms with E-state index < -0.39 is 0 Å². The molecule has 0 radical (unpaired) electrons. The zero-order valence-electron chi connectivity index (χ0n) is 8.20. The van der Waals surface area contributed by atoms with Gasteiger partial charge in [-0.15, -0.1) is 0 Å². The third-order valence-electron chi connectivity index (χ3n) is 2.67. The summed E-state index contributed by atoms with van der Waals surface area (Å²) in [4.78, 5) is 11.5. The van der Waals surface area contributed by atoms with Crippen LogP contribution in [0.2, 0.25) is 0 Å². The van der Waals surface area contributed by atoms with Gasteiger partial charge in [0.05, 0.1) is 6.04 Å². The Bertz CT molecular complexity index is 307. The van der Waals surface area contributed by atoms with Crippen molar-refractivity contribution in [3.63, 3.8) is 0 Å². The molecule has 2 heteroatoms. The molecule has 74 valence electrons. The highest BCUT2D eigenvalue weighted by molar-refractivity contribution is 5.87. The van der Waals surface area contributed by atoms with E-state index in [4.69, 9.17) is 0 Å². The Hall–Kier alpha value is -1.31. The molecule has 0 bridgehead atoms. The Morgan fingerprint density at radius 1 is 1.14 bits per heavy atom. The topological polar surface area (TPSA) is 29.1 Å². The van der Waals surface area contributed by atoms with E-state index >= 15 is 0 Å². The molecule has 1 aliphatic rings. The van der Waals surface area contributed by atoms with Crippen LogP contribution in [-0.4, -0.2) is 11.8 Å². The van der Waals surface area contributed by atoms with Crippen molar-refractivity contribution in [2.24, 2.45) is 0 Å². The Morgan fingerprint density at radius 2 is 1.93 bits per heavy atom. The summed E-state index contributed by atoms with van der Waals surface area (Å²) in [5, 5.41) is 3.28. The van der Waals surface area contributed by atoms with E-state index in [-0.39, 0.29) is 6.04 Å². The molecule has 0 spiro atoms. The molecule has 1 aromatic rings. The van der Waals surface area contributed by atoms with Crippen molar-refractivity contribution in [1.29, 1.82) is 0 Å². The number of carbonyl (C=O) groups excluding carboxylic acids is 1. The predicted molar refractivity (Wildman–Crippen MR) is 57.3 cm³/mol. The fourth-order valence-electron chi connectivity index (χ4n) is 1.87. The third-order valence-corrected chi connectivity index (χ3v) is 2.67. The fraction of sp³-hybridized carbons (Fsp3) is 0.417. The number of rotatable bonds is 2. The number of benzene rings is 1. The van der Waals surface area contributed by atoms with Gasteiger partial charge >= 0.3 is 0 Å². The summed E-state index contributed by atoms with van der Waals surface area (Å²) in [7, 11) is 0. The molecule has 1 unspecified atom stereocenters. The number of ketones is 1. The van der Waals surface area contributed by atoms with Gasteiger partial charge in [0.15, 0.2) is 5.78 Å². The molecule has 1 aliphatic carbocycles. The van der Waals surface area contributed by atoms with Crippen molar-refractivity contribution >= 4 is 11.5 Å². The van der Waals surface area contributed by atoms with E-state index in [9.17, 15) is 4.79 Å². The number of carbonyl (C=O) groups is 1. The van der Waals surface area contributed by atoms with Crippen LogP contribution in [-0.2, 0) is 4.79 Å². The largest absolute Gasteiger partial charge is 0.375 e. The van der Waals surface area contributed by atoms with Gasteiger partial charge in [0.2, 0.25) is 0 Å². The van der Waals surface area contributed by atoms with Crippen molar-refractivity contribution in [1.82, 2.24) is 0 Å². The first-order valence-electron chi connectivity index (χ1n) is 5.20. The minimum absolute atomic E-state index is 0.0474. The number of hydrogen-bond donors (Lipinski definition) is 1. The van der Waals surface area contributed by atoms with E-state index in [1.165, 1.54) is 0 Å². The van der Waals surface area contributed by atoms with Crippen LogP contribution >= 0.6 is 0 Å². The summed E-state index contributed by atoms with van der Waals surface area (Å²) in [6.07, 6.45) is 3.94. The molecule has 14 heavy (non-hydrogen) atoms. The lowest BCUT2D eigenvalue weighted by molar-refractivity contribution is -0.121. The molecular weight excluding hydrogens is 174 g/mol. The van der Waals surface area contributed by atoms with Gasteiger partial charge in [-0.25, -0.2) is 0 Å². The van der Waals surface area contributed by atoms with Crippen LogP contribution in [0.3, 0.4) is 0 Å².